The van der Waals surface area contributed by atoms with Crippen molar-refractivity contribution in [3.8, 4) is 11.3 Å². The molecule has 0 bridgehead atoms. The van der Waals surface area contributed by atoms with Crippen molar-refractivity contribution in [3.63, 3.8) is 0 Å². The number of hydrogen-bond donors (Lipinski definition) is 1. The highest BCUT2D eigenvalue weighted by Gasteiger charge is 2.56. The van der Waals surface area contributed by atoms with Crippen LogP contribution in [0.3, 0.4) is 0 Å². The third-order valence-corrected chi connectivity index (χ3v) is 5.84. The zero-order valence-electron chi connectivity index (χ0n) is 16.9. The molecule has 4 rings (SSSR count). The van der Waals surface area contributed by atoms with Crippen LogP contribution in [0.4, 0.5) is 18.0 Å². The van der Waals surface area contributed by atoms with E-state index in [1.165, 1.54) is 0 Å². The second-order valence-electron chi connectivity index (χ2n) is 8.95. The number of nitrogens with zero attached hydrogens (tertiary/aromatic N) is 2. The Hall–Kier alpha value is -2.03. The molecule has 0 spiro atoms. The van der Waals surface area contributed by atoms with Crippen molar-refractivity contribution >= 4 is 22.0 Å². The molecule has 1 amide bonds. The fraction of sp³-hybridized carbons (Fsp3) is 0.524. The van der Waals surface area contributed by atoms with Crippen molar-refractivity contribution in [2.45, 2.75) is 63.9 Å². The minimum absolute atomic E-state index is 0.00420. The van der Waals surface area contributed by atoms with Gasteiger partial charge in [0.15, 0.2) is 0 Å². The van der Waals surface area contributed by atoms with Gasteiger partial charge in [-0.25, -0.2) is 9.78 Å². The van der Waals surface area contributed by atoms with E-state index in [-0.39, 0.29) is 17.4 Å². The Bertz CT molecular complexity index is 950. The first-order valence-corrected chi connectivity index (χ1v) is 10.6. The molecule has 1 N–H and O–H groups in total. The number of carbonyl (C=O) groups excluding carboxylic acids is 1. The van der Waals surface area contributed by atoms with Crippen molar-refractivity contribution in [2.24, 2.45) is 5.92 Å². The Morgan fingerprint density at radius 1 is 1.23 bits per heavy atom. The number of rotatable bonds is 3. The summed E-state index contributed by atoms with van der Waals surface area (Å²) in [5.74, 6) is 0.722. The number of H-pyrrole nitrogens is 1. The highest BCUT2D eigenvalue weighted by Crippen LogP contribution is 2.53. The van der Waals surface area contributed by atoms with Crippen molar-refractivity contribution in [1.29, 1.82) is 0 Å². The molecule has 1 aliphatic carbocycles. The molecule has 1 unspecified atom stereocenters. The summed E-state index contributed by atoms with van der Waals surface area (Å²) < 4.78 is 46.0. The topological polar surface area (TPSA) is 58.2 Å². The van der Waals surface area contributed by atoms with Gasteiger partial charge in [-0.3, -0.25) is 4.90 Å². The maximum atomic E-state index is 13.2. The van der Waals surface area contributed by atoms with Crippen LogP contribution in [0.25, 0.3) is 11.3 Å². The number of benzene rings is 1. The molecule has 1 aliphatic heterocycles. The van der Waals surface area contributed by atoms with Crippen molar-refractivity contribution in [2.75, 3.05) is 0 Å². The number of amides is 1. The number of alkyl halides is 3. The van der Waals surface area contributed by atoms with Gasteiger partial charge in [-0.15, -0.1) is 0 Å². The van der Waals surface area contributed by atoms with E-state index >= 15 is 0 Å². The van der Waals surface area contributed by atoms with E-state index in [4.69, 9.17) is 4.74 Å². The van der Waals surface area contributed by atoms with Crippen LogP contribution >= 0.6 is 15.9 Å². The maximum Gasteiger partial charge on any atom is 0.411 e. The molecule has 2 aromatic rings. The lowest BCUT2D eigenvalue weighted by Crippen LogP contribution is -2.38. The molecule has 1 aromatic carbocycles. The lowest BCUT2D eigenvalue weighted by Gasteiger charge is -2.29. The van der Waals surface area contributed by atoms with E-state index in [1.54, 1.807) is 49.9 Å². The Kier molecular flexibility index (Phi) is 5.15. The molecule has 2 fully saturated rings. The average Bonchev–Trinajstić information content (AvgIpc) is 3.07. The van der Waals surface area contributed by atoms with Gasteiger partial charge in [0, 0.05) is 16.1 Å². The zero-order valence-corrected chi connectivity index (χ0v) is 18.5. The van der Waals surface area contributed by atoms with Crippen LogP contribution in [0.5, 0.6) is 0 Å². The van der Waals surface area contributed by atoms with Crippen LogP contribution in [-0.2, 0) is 11.2 Å². The van der Waals surface area contributed by atoms with E-state index < -0.39 is 30.3 Å². The number of ether oxygens (including phenoxy) is 1. The number of piperidine rings is 1. The second kappa shape index (κ2) is 7.28. The van der Waals surface area contributed by atoms with Crippen LogP contribution in [0, 0.1) is 5.92 Å². The molecule has 162 valence electrons. The molecule has 9 heteroatoms. The van der Waals surface area contributed by atoms with Crippen molar-refractivity contribution in [3.05, 3.63) is 40.3 Å². The van der Waals surface area contributed by atoms with Gasteiger partial charge in [0.2, 0.25) is 0 Å². The molecule has 1 aromatic heterocycles. The zero-order chi connectivity index (χ0) is 21.8. The van der Waals surface area contributed by atoms with Crippen molar-refractivity contribution < 1.29 is 22.7 Å². The Morgan fingerprint density at radius 2 is 1.90 bits per heavy atom. The largest absolute Gasteiger partial charge is 0.444 e. The number of hydrogen-bond acceptors (Lipinski definition) is 3. The predicted octanol–water partition coefficient (Wildman–Crippen LogP) is 6.01. The summed E-state index contributed by atoms with van der Waals surface area (Å²) in [6.45, 7) is 5.38. The SMILES string of the molecule is CC(C)(C)OC(=O)N1[C@@H]2CC2C[C@H]1c1nc(-c2ccc(Br)cc2)c(CC(F)(F)F)[nH]1. The molecular formula is C21H23BrF3N3O2. The minimum atomic E-state index is -4.38. The normalized spacial score (nSPS) is 23.4. The lowest BCUT2D eigenvalue weighted by molar-refractivity contribution is -0.127. The Labute approximate surface area is 181 Å². The number of nitrogens with one attached hydrogen (secondary N) is 1. The van der Waals surface area contributed by atoms with E-state index in [9.17, 15) is 18.0 Å². The van der Waals surface area contributed by atoms with Crippen LogP contribution in [0.15, 0.2) is 28.7 Å². The molecule has 3 atom stereocenters. The van der Waals surface area contributed by atoms with E-state index in [0.29, 0.717) is 23.7 Å². The van der Waals surface area contributed by atoms with Crippen LogP contribution < -0.4 is 0 Å². The quantitative estimate of drug-likeness (QED) is 0.578. The standard InChI is InChI=1S/C21H23BrF3N3O2/c1-20(2,3)30-19(29)28-15-8-12(15)9-16(28)18-26-14(10-21(23,24)25)17(27-18)11-4-6-13(22)7-5-11/h4-7,12,15-16H,8-10H2,1-3H3,(H,26,27)/t12?,15-,16+/m1/s1. The minimum Gasteiger partial charge on any atom is -0.444 e. The van der Waals surface area contributed by atoms with Crippen LogP contribution in [0.1, 0.15) is 51.2 Å². The summed E-state index contributed by atoms with van der Waals surface area (Å²) in [4.78, 5) is 21.9. The van der Waals surface area contributed by atoms with E-state index in [1.807, 2.05) is 0 Å². The molecule has 5 nitrogen and oxygen atoms in total. The monoisotopic (exact) mass is 485 g/mol. The number of fused-ring (bicyclic) bond motifs is 1. The number of carbonyl (C=O) groups is 1. The fourth-order valence-corrected chi connectivity index (χ4v) is 4.30. The van der Waals surface area contributed by atoms with Crippen LogP contribution in [0.2, 0.25) is 0 Å². The molecule has 2 heterocycles. The first kappa shape index (κ1) is 21.2. The predicted molar refractivity (Wildman–Crippen MR) is 109 cm³/mol. The van der Waals surface area contributed by atoms with Gasteiger partial charge in [-0.2, -0.15) is 13.2 Å². The van der Waals surface area contributed by atoms with Gasteiger partial charge in [0.1, 0.15) is 11.4 Å². The molecule has 0 radical (unpaired) electrons. The summed E-state index contributed by atoms with van der Waals surface area (Å²) >= 11 is 3.34. The van der Waals surface area contributed by atoms with E-state index in [0.717, 1.165) is 10.9 Å². The number of likely N-dealkylation sites (tertiary alicyclic amines) is 1. The van der Waals surface area contributed by atoms with Gasteiger partial charge >= 0.3 is 12.3 Å². The van der Waals surface area contributed by atoms with Gasteiger partial charge in [0.25, 0.3) is 0 Å². The highest BCUT2D eigenvalue weighted by molar-refractivity contribution is 9.10. The third-order valence-electron chi connectivity index (χ3n) is 5.32. The van der Waals surface area contributed by atoms with Crippen molar-refractivity contribution in [1.82, 2.24) is 14.9 Å². The van der Waals surface area contributed by atoms with Crippen LogP contribution in [-0.4, -0.2) is 38.8 Å². The first-order valence-electron chi connectivity index (χ1n) is 9.84. The molecular weight excluding hydrogens is 463 g/mol. The van der Waals surface area contributed by atoms with Gasteiger partial charge in [0.05, 0.1) is 23.9 Å². The first-order chi connectivity index (χ1) is 13.9. The molecule has 2 aliphatic rings. The molecule has 1 saturated carbocycles. The second-order valence-corrected chi connectivity index (χ2v) is 9.87. The van der Waals surface area contributed by atoms with Gasteiger partial charge < -0.3 is 9.72 Å². The summed E-state index contributed by atoms with van der Waals surface area (Å²) in [7, 11) is 0. The summed E-state index contributed by atoms with van der Waals surface area (Å²) in [5.41, 5.74) is 0.206. The number of halogens is 4. The molecule has 1 saturated heterocycles. The number of aromatic amines is 1. The lowest BCUT2D eigenvalue weighted by atomic mass is 10.1. The average molecular weight is 486 g/mol. The Balaban J connectivity index is 1.69. The van der Waals surface area contributed by atoms with Gasteiger partial charge in [-0.05, 0) is 51.7 Å². The summed E-state index contributed by atoms with van der Waals surface area (Å²) in [6.07, 6.45) is -4.38. The highest BCUT2D eigenvalue weighted by atomic mass is 79.9. The summed E-state index contributed by atoms with van der Waals surface area (Å²) in [6, 6.07) is 6.62. The van der Waals surface area contributed by atoms with Gasteiger partial charge in [-0.1, -0.05) is 28.1 Å². The number of aromatic nitrogens is 2. The number of imidazole rings is 1. The smallest absolute Gasteiger partial charge is 0.411 e. The maximum absolute atomic E-state index is 13.2. The fourth-order valence-electron chi connectivity index (χ4n) is 4.04. The summed E-state index contributed by atoms with van der Waals surface area (Å²) in [5, 5.41) is 0. The third kappa shape index (κ3) is 4.50. The Morgan fingerprint density at radius 3 is 2.50 bits per heavy atom. The van der Waals surface area contributed by atoms with E-state index in [2.05, 4.69) is 25.9 Å². The molecule has 30 heavy (non-hydrogen) atoms.